The molecule has 2 aromatic carbocycles. The van der Waals surface area contributed by atoms with Crippen LogP contribution < -0.4 is 10.6 Å². The normalized spacial score (nSPS) is 28.6. The number of hydrogen-bond acceptors (Lipinski definition) is 4. The largest absolute Gasteiger partial charge is 0.323 e. The third-order valence-corrected chi connectivity index (χ3v) is 7.30. The molecule has 32 heavy (non-hydrogen) atoms. The number of imide groups is 1. The van der Waals surface area contributed by atoms with E-state index in [0.29, 0.717) is 41.6 Å². The summed E-state index contributed by atoms with van der Waals surface area (Å²) in [5, 5.41) is 6.75. The smallest absolute Gasteiger partial charge is 0.250 e. The first-order chi connectivity index (χ1) is 15.3. The van der Waals surface area contributed by atoms with Gasteiger partial charge >= 0.3 is 0 Å². The van der Waals surface area contributed by atoms with E-state index in [1.54, 1.807) is 12.1 Å². The predicted molar refractivity (Wildman–Crippen MR) is 122 cm³/mol. The monoisotopic (exact) mass is 451 g/mol. The molecule has 0 bridgehead atoms. The summed E-state index contributed by atoms with van der Waals surface area (Å²) in [7, 11) is 0. The van der Waals surface area contributed by atoms with E-state index in [-0.39, 0.29) is 23.8 Å². The number of fused-ring (bicyclic) bond motifs is 4. The topological polar surface area (TPSA) is 78.5 Å². The maximum Gasteiger partial charge on any atom is 0.250 e. The van der Waals surface area contributed by atoms with Crippen LogP contribution in [0, 0.1) is 17.8 Å². The van der Waals surface area contributed by atoms with E-state index in [4.69, 9.17) is 11.6 Å². The molecule has 0 aliphatic carbocycles. The number of halogens is 1. The fraction of sp³-hybridized carbons (Fsp3) is 0.400. The average Bonchev–Trinajstić information content (AvgIpc) is 3.33. The van der Waals surface area contributed by atoms with Crippen LogP contribution in [0.5, 0.6) is 0 Å². The summed E-state index contributed by atoms with van der Waals surface area (Å²) in [5.41, 5.74) is 0.965. The maximum atomic E-state index is 13.7. The van der Waals surface area contributed by atoms with Gasteiger partial charge in [-0.25, -0.2) is 0 Å². The summed E-state index contributed by atoms with van der Waals surface area (Å²) in [4.78, 5) is 42.0. The van der Waals surface area contributed by atoms with Crippen LogP contribution in [0.25, 0.3) is 0 Å². The van der Waals surface area contributed by atoms with E-state index >= 15 is 0 Å². The van der Waals surface area contributed by atoms with Crippen LogP contribution in [-0.2, 0) is 26.3 Å². The average molecular weight is 452 g/mol. The number of nitrogens with one attached hydrogen (secondary N) is 2. The third kappa shape index (κ3) is 3.00. The first-order valence-corrected chi connectivity index (χ1v) is 11.5. The minimum atomic E-state index is -1.28. The van der Waals surface area contributed by atoms with Crippen LogP contribution in [-0.4, -0.2) is 35.2 Å². The van der Waals surface area contributed by atoms with Crippen LogP contribution in [0.1, 0.15) is 31.4 Å². The van der Waals surface area contributed by atoms with E-state index in [1.165, 1.54) is 4.90 Å². The van der Waals surface area contributed by atoms with Crippen molar-refractivity contribution < 1.29 is 14.4 Å². The summed E-state index contributed by atoms with van der Waals surface area (Å²) in [5.74, 6) is -1.83. The fourth-order valence-electron chi connectivity index (χ4n) is 5.67. The van der Waals surface area contributed by atoms with Gasteiger partial charge in [-0.05, 0) is 30.4 Å². The van der Waals surface area contributed by atoms with Crippen LogP contribution in [0.4, 0.5) is 5.69 Å². The van der Waals surface area contributed by atoms with Gasteiger partial charge < -0.3 is 5.32 Å². The van der Waals surface area contributed by atoms with Crippen molar-refractivity contribution in [2.24, 2.45) is 17.8 Å². The Morgan fingerprint density at radius 2 is 1.78 bits per heavy atom. The lowest BCUT2D eigenvalue weighted by Crippen LogP contribution is -2.53. The van der Waals surface area contributed by atoms with E-state index < -0.39 is 17.4 Å². The van der Waals surface area contributed by atoms with Gasteiger partial charge in [0.15, 0.2) is 0 Å². The molecular weight excluding hydrogens is 426 g/mol. The molecule has 0 radical (unpaired) electrons. The van der Waals surface area contributed by atoms with Gasteiger partial charge in [0.25, 0.3) is 0 Å². The second-order valence-electron chi connectivity index (χ2n) is 9.37. The molecule has 166 valence electrons. The molecule has 3 heterocycles. The van der Waals surface area contributed by atoms with Gasteiger partial charge in [0.2, 0.25) is 17.7 Å². The second-order valence-corrected chi connectivity index (χ2v) is 9.78. The summed E-state index contributed by atoms with van der Waals surface area (Å²) in [6.45, 7) is 4.47. The molecule has 7 heteroatoms. The molecule has 4 atom stereocenters. The van der Waals surface area contributed by atoms with Crippen LogP contribution >= 0.6 is 11.6 Å². The van der Waals surface area contributed by atoms with Gasteiger partial charge in [-0.1, -0.05) is 67.9 Å². The summed E-state index contributed by atoms with van der Waals surface area (Å²) >= 11 is 6.37. The van der Waals surface area contributed by atoms with Gasteiger partial charge in [-0.15, -0.1) is 0 Å². The molecule has 1 spiro atoms. The molecule has 3 amide bonds. The van der Waals surface area contributed by atoms with Crippen molar-refractivity contribution in [3.05, 3.63) is 64.7 Å². The molecule has 2 N–H and O–H groups in total. The Morgan fingerprint density at radius 3 is 2.50 bits per heavy atom. The lowest BCUT2D eigenvalue weighted by molar-refractivity contribution is -0.142. The zero-order chi connectivity index (χ0) is 22.6. The molecule has 0 saturated carbocycles. The van der Waals surface area contributed by atoms with Crippen LogP contribution in [0.2, 0.25) is 5.02 Å². The number of amides is 3. The highest BCUT2D eigenvalue weighted by atomic mass is 35.5. The lowest BCUT2D eigenvalue weighted by atomic mass is 9.76. The second kappa shape index (κ2) is 7.71. The van der Waals surface area contributed by atoms with Crippen molar-refractivity contribution in [2.45, 2.75) is 38.3 Å². The van der Waals surface area contributed by atoms with Gasteiger partial charge in [-0.3, -0.25) is 24.6 Å². The van der Waals surface area contributed by atoms with Crippen molar-refractivity contribution in [1.82, 2.24) is 10.2 Å². The Morgan fingerprint density at radius 1 is 1.03 bits per heavy atom. The number of carbonyl (C=O) groups excluding carboxylic acids is 3. The third-order valence-electron chi connectivity index (χ3n) is 6.98. The Bertz CT molecular complexity index is 1100. The van der Waals surface area contributed by atoms with E-state index in [1.807, 2.05) is 36.4 Å². The van der Waals surface area contributed by atoms with Crippen molar-refractivity contribution in [3.8, 4) is 0 Å². The molecule has 2 saturated heterocycles. The van der Waals surface area contributed by atoms with Crippen molar-refractivity contribution in [1.29, 1.82) is 0 Å². The summed E-state index contributed by atoms with van der Waals surface area (Å²) < 4.78 is 0. The highest BCUT2D eigenvalue weighted by Gasteiger charge is 2.70. The highest BCUT2D eigenvalue weighted by molar-refractivity contribution is 6.35. The molecule has 2 unspecified atom stereocenters. The lowest BCUT2D eigenvalue weighted by Gasteiger charge is -2.30. The number of nitrogens with zero attached hydrogens (tertiary/aromatic N) is 1. The molecule has 5 rings (SSSR count). The molecule has 2 aromatic rings. The number of likely N-dealkylation sites (tertiary alicyclic amines) is 1. The minimum absolute atomic E-state index is 0.186. The number of carbonyl (C=O) groups is 3. The zero-order valence-corrected chi connectivity index (χ0v) is 18.9. The zero-order valence-electron chi connectivity index (χ0n) is 18.1. The predicted octanol–water partition coefficient (Wildman–Crippen LogP) is 3.35. The number of hydrogen-bond donors (Lipinski definition) is 2. The molecular formula is C25H26ClN3O3. The highest BCUT2D eigenvalue weighted by Crippen LogP contribution is 2.54. The van der Waals surface area contributed by atoms with Crippen molar-refractivity contribution >= 4 is 35.0 Å². The van der Waals surface area contributed by atoms with Crippen molar-refractivity contribution in [3.63, 3.8) is 0 Å². The number of rotatable bonds is 5. The summed E-state index contributed by atoms with van der Waals surface area (Å²) in [6, 6.07) is 14.8. The molecule has 2 fully saturated rings. The van der Waals surface area contributed by atoms with Crippen molar-refractivity contribution in [2.75, 3.05) is 11.9 Å². The van der Waals surface area contributed by atoms with E-state index in [0.717, 1.165) is 5.56 Å². The molecule has 3 aliphatic heterocycles. The molecule has 0 aromatic heterocycles. The van der Waals surface area contributed by atoms with Crippen LogP contribution in [0.15, 0.2) is 48.5 Å². The first kappa shape index (κ1) is 21.2. The van der Waals surface area contributed by atoms with Gasteiger partial charge in [0, 0.05) is 18.2 Å². The number of benzene rings is 2. The first-order valence-electron chi connectivity index (χ1n) is 11.1. The summed E-state index contributed by atoms with van der Waals surface area (Å²) in [6.07, 6.45) is 1.28. The quantitative estimate of drug-likeness (QED) is 0.683. The number of anilines is 1. The minimum Gasteiger partial charge on any atom is -0.323 e. The fourth-order valence-corrected chi connectivity index (χ4v) is 5.89. The Hall–Kier alpha value is -2.70. The van der Waals surface area contributed by atoms with Crippen LogP contribution in [0.3, 0.4) is 0 Å². The standard InChI is InChI=1S/C25H26ClN3O3/c1-14(2)13-18-19-20(23(31)29(22(19)30)12-11-15-7-4-3-5-8-15)25(28-18)16-9-6-10-17(26)21(16)27-24(25)32/h3-10,14,18-20,28H,11-13H2,1-2H3,(H,27,32)/t18?,19-,20+,25?/m0/s1. The van der Waals surface area contributed by atoms with E-state index in [9.17, 15) is 14.4 Å². The van der Waals surface area contributed by atoms with Gasteiger partial charge in [0.05, 0.1) is 22.5 Å². The van der Waals surface area contributed by atoms with E-state index in [2.05, 4.69) is 24.5 Å². The maximum absolute atomic E-state index is 13.7. The Labute approximate surface area is 192 Å². The SMILES string of the molecule is CC(C)CC1NC2(C(=O)Nc3c(Cl)cccc32)[C@H]2C(=O)N(CCc3ccccc3)C(=O)[C@@H]12. The molecule has 6 nitrogen and oxygen atoms in total. The van der Waals surface area contributed by atoms with Gasteiger partial charge in [-0.2, -0.15) is 0 Å². The van der Waals surface area contributed by atoms with Gasteiger partial charge in [0.1, 0.15) is 5.54 Å². The molecule has 3 aliphatic rings. The number of para-hydroxylation sites is 1. The Kier molecular flexibility index (Phi) is 5.10. The Balaban J connectivity index is 1.55.